The van der Waals surface area contributed by atoms with Gasteiger partial charge >= 0.3 is 5.97 Å². The van der Waals surface area contributed by atoms with Crippen LogP contribution in [0.1, 0.15) is 52.7 Å². The monoisotopic (exact) mass is 446 g/mol. The molecule has 1 amide bonds. The number of aromatic nitrogens is 1. The van der Waals surface area contributed by atoms with Crippen LogP contribution in [0.3, 0.4) is 0 Å². The molecule has 172 valence electrons. The van der Waals surface area contributed by atoms with Gasteiger partial charge in [-0.3, -0.25) is 9.69 Å². The van der Waals surface area contributed by atoms with Crippen LogP contribution < -0.4 is 9.64 Å². The Kier molecular flexibility index (Phi) is 6.86. The molecular weight excluding hydrogens is 416 g/mol. The van der Waals surface area contributed by atoms with Crippen molar-refractivity contribution in [2.45, 2.75) is 34.6 Å². The highest BCUT2D eigenvalue weighted by Gasteiger charge is 2.27. The first kappa shape index (κ1) is 24.0. The molecule has 0 saturated heterocycles. The lowest BCUT2D eigenvalue weighted by Crippen LogP contribution is -2.38. The smallest absolute Gasteiger partial charge is 0.335 e. The Labute approximate surface area is 194 Å². The summed E-state index contributed by atoms with van der Waals surface area (Å²) in [6, 6.07) is 16.0. The van der Waals surface area contributed by atoms with Gasteiger partial charge in [-0.2, -0.15) is 0 Å². The van der Waals surface area contributed by atoms with Crippen LogP contribution >= 0.6 is 0 Å². The molecular formula is C27H30N2O4. The van der Waals surface area contributed by atoms with E-state index in [1.807, 2.05) is 25.1 Å². The van der Waals surface area contributed by atoms with E-state index in [4.69, 9.17) is 4.74 Å². The zero-order valence-electron chi connectivity index (χ0n) is 20.0. The van der Waals surface area contributed by atoms with E-state index in [9.17, 15) is 14.7 Å². The number of nitrogens with zero attached hydrogens (tertiary/aromatic N) is 2. The number of hydrogen-bond acceptors (Lipinski definition) is 4. The Balaban J connectivity index is 2.17. The van der Waals surface area contributed by atoms with Crippen LogP contribution in [0.25, 0.3) is 11.1 Å². The number of ether oxygens (including phenoxy) is 1. The van der Waals surface area contributed by atoms with Gasteiger partial charge in [0.05, 0.1) is 12.7 Å². The van der Waals surface area contributed by atoms with Gasteiger partial charge in [0.15, 0.2) is 0 Å². The number of benzene rings is 2. The quantitative estimate of drug-likeness (QED) is 0.520. The first-order valence-corrected chi connectivity index (χ1v) is 10.8. The number of carboxylic acids is 1. The zero-order chi connectivity index (χ0) is 24.3. The van der Waals surface area contributed by atoms with Gasteiger partial charge in [0.25, 0.3) is 5.91 Å². The summed E-state index contributed by atoms with van der Waals surface area (Å²) in [4.78, 5) is 31.7. The predicted octanol–water partition coefficient (Wildman–Crippen LogP) is 5.77. The molecule has 6 nitrogen and oxygen atoms in total. The maximum absolute atomic E-state index is 13.9. The van der Waals surface area contributed by atoms with E-state index in [-0.39, 0.29) is 16.9 Å². The number of methoxy groups -OCH3 is 1. The summed E-state index contributed by atoms with van der Waals surface area (Å²) in [5, 5.41) is 9.39. The molecule has 0 spiro atoms. The van der Waals surface area contributed by atoms with Crippen LogP contribution in [0.4, 0.5) is 5.82 Å². The highest BCUT2D eigenvalue weighted by Crippen LogP contribution is 2.32. The molecule has 3 rings (SSSR count). The Hall–Kier alpha value is -3.67. The van der Waals surface area contributed by atoms with Crippen molar-refractivity contribution in [3.63, 3.8) is 0 Å². The van der Waals surface area contributed by atoms with Crippen molar-refractivity contribution in [2.24, 2.45) is 5.41 Å². The number of aryl methyl sites for hydroxylation is 2. The summed E-state index contributed by atoms with van der Waals surface area (Å²) in [6.07, 6.45) is 0. The van der Waals surface area contributed by atoms with E-state index < -0.39 is 5.97 Å². The topological polar surface area (TPSA) is 79.7 Å². The number of hydrogen-bond donors (Lipinski definition) is 1. The van der Waals surface area contributed by atoms with Gasteiger partial charge in [-0.1, -0.05) is 39.0 Å². The number of rotatable bonds is 6. The first-order valence-electron chi connectivity index (χ1n) is 10.8. The summed E-state index contributed by atoms with van der Waals surface area (Å²) >= 11 is 0. The fourth-order valence-electron chi connectivity index (χ4n) is 3.70. The Morgan fingerprint density at radius 3 is 2.27 bits per heavy atom. The highest BCUT2D eigenvalue weighted by atomic mass is 16.5. The van der Waals surface area contributed by atoms with Gasteiger partial charge in [-0.15, -0.1) is 0 Å². The second-order valence-electron chi connectivity index (χ2n) is 9.34. The van der Waals surface area contributed by atoms with Gasteiger partial charge in [0.1, 0.15) is 11.6 Å². The number of anilines is 1. The highest BCUT2D eigenvalue weighted by molar-refractivity contribution is 6.10. The second-order valence-corrected chi connectivity index (χ2v) is 9.34. The Morgan fingerprint density at radius 2 is 1.70 bits per heavy atom. The van der Waals surface area contributed by atoms with Crippen molar-refractivity contribution < 1.29 is 19.4 Å². The molecule has 0 saturated carbocycles. The normalized spacial score (nSPS) is 11.2. The first-order chi connectivity index (χ1) is 15.5. The van der Waals surface area contributed by atoms with Crippen LogP contribution in [0, 0.1) is 19.3 Å². The van der Waals surface area contributed by atoms with Gasteiger partial charge < -0.3 is 9.84 Å². The molecule has 0 aliphatic carbocycles. The largest absolute Gasteiger partial charge is 0.497 e. The fraction of sp³-hybridized carbons (Fsp3) is 0.296. The number of carbonyl (C=O) groups is 2. The molecule has 33 heavy (non-hydrogen) atoms. The molecule has 1 aromatic heterocycles. The molecule has 0 unspecified atom stereocenters. The number of carbonyl (C=O) groups excluding carboxylic acids is 1. The third-order valence-corrected chi connectivity index (χ3v) is 5.25. The van der Waals surface area contributed by atoms with E-state index >= 15 is 0 Å². The maximum Gasteiger partial charge on any atom is 0.335 e. The van der Waals surface area contributed by atoms with Crippen LogP contribution in [-0.4, -0.2) is 35.6 Å². The lowest BCUT2D eigenvalue weighted by molar-refractivity contribution is 0.0696. The van der Waals surface area contributed by atoms with Gasteiger partial charge in [0.2, 0.25) is 0 Å². The van der Waals surface area contributed by atoms with Crippen LogP contribution in [0.2, 0.25) is 0 Å². The lowest BCUT2D eigenvalue weighted by Gasteiger charge is -2.30. The van der Waals surface area contributed by atoms with Crippen molar-refractivity contribution in [1.82, 2.24) is 4.98 Å². The Bertz CT molecular complexity index is 1190. The molecule has 1 heterocycles. The number of aromatic carboxylic acids is 1. The third-order valence-electron chi connectivity index (χ3n) is 5.25. The molecule has 0 fully saturated rings. The number of pyridine rings is 1. The van der Waals surface area contributed by atoms with Crippen LogP contribution in [-0.2, 0) is 0 Å². The summed E-state index contributed by atoms with van der Waals surface area (Å²) in [5.41, 5.74) is 3.42. The molecule has 1 N–H and O–H groups in total. The molecule has 2 aromatic carbocycles. The number of carboxylic acid groups (broad SMARTS) is 1. The van der Waals surface area contributed by atoms with Crippen molar-refractivity contribution in [3.8, 4) is 16.9 Å². The van der Waals surface area contributed by atoms with Crippen molar-refractivity contribution in [2.75, 3.05) is 18.6 Å². The summed E-state index contributed by atoms with van der Waals surface area (Å²) in [6.45, 7) is 10.3. The summed E-state index contributed by atoms with van der Waals surface area (Å²) < 4.78 is 5.41. The Morgan fingerprint density at radius 1 is 1.00 bits per heavy atom. The second kappa shape index (κ2) is 9.45. The SMILES string of the molecule is COc1ccc(C(=O)N(CC(C)(C)C)c2cccc(C)n2)c(-c2ccc(C(=O)O)c(C)c2)c1. The molecule has 6 heteroatoms. The summed E-state index contributed by atoms with van der Waals surface area (Å²) in [7, 11) is 1.57. The molecule has 0 radical (unpaired) electrons. The van der Waals surface area contributed by atoms with Crippen molar-refractivity contribution in [3.05, 3.63) is 77.0 Å². The van der Waals surface area contributed by atoms with Gasteiger partial charge in [0, 0.05) is 17.8 Å². The average molecular weight is 447 g/mol. The molecule has 3 aromatic rings. The van der Waals surface area contributed by atoms with Crippen LogP contribution in [0.5, 0.6) is 5.75 Å². The fourth-order valence-corrected chi connectivity index (χ4v) is 3.70. The van der Waals surface area contributed by atoms with E-state index in [0.717, 1.165) is 11.3 Å². The van der Waals surface area contributed by atoms with E-state index in [0.29, 0.717) is 34.8 Å². The average Bonchev–Trinajstić information content (AvgIpc) is 2.75. The van der Waals surface area contributed by atoms with Gasteiger partial charge in [-0.25, -0.2) is 9.78 Å². The molecule has 0 bridgehead atoms. The predicted molar refractivity (Wildman–Crippen MR) is 130 cm³/mol. The van der Waals surface area contributed by atoms with Crippen LogP contribution in [0.15, 0.2) is 54.6 Å². The van der Waals surface area contributed by atoms with E-state index in [1.54, 1.807) is 55.3 Å². The minimum absolute atomic E-state index is 0.159. The maximum atomic E-state index is 13.9. The van der Waals surface area contributed by atoms with Gasteiger partial charge in [-0.05, 0) is 72.4 Å². The molecule has 0 atom stereocenters. The lowest BCUT2D eigenvalue weighted by atomic mass is 9.93. The molecule has 0 aliphatic rings. The number of amides is 1. The van der Waals surface area contributed by atoms with Crippen molar-refractivity contribution >= 4 is 17.7 Å². The third kappa shape index (κ3) is 5.58. The minimum Gasteiger partial charge on any atom is -0.497 e. The minimum atomic E-state index is -0.983. The van der Waals surface area contributed by atoms with E-state index in [1.165, 1.54) is 0 Å². The molecule has 0 aliphatic heterocycles. The standard InChI is InChI=1S/C27H30N2O4/c1-17-14-19(10-12-21(17)26(31)32)23-15-20(33-6)11-13-22(23)25(30)29(16-27(3,4)5)24-9-7-8-18(2)28-24/h7-15H,16H2,1-6H3,(H,31,32). The van der Waals surface area contributed by atoms with E-state index in [2.05, 4.69) is 25.8 Å². The summed E-state index contributed by atoms with van der Waals surface area (Å²) in [5.74, 6) is 0.0372. The van der Waals surface area contributed by atoms with Crippen molar-refractivity contribution in [1.29, 1.82) is 0 Å². The zero-order valence-corrected chi connectivity index (χ0v) is 20.0.